The van der Waals surface area contributed by atoms with Crippen molar-refractivity contribution in [3.8, 4) is 0 Å². The van der Waals surface area contributed by atoms with Crippen LogP contribution in [0.1, 0.15) is 10.4 Å². The maximum absolute atomic E-state index is 11.2. The lowest BCUT2D eigenvalue weighted by Gasteiger charge is -2.25. The Balaban J connectivity index is 3.16. The van der Waals surface area contributed by atoms with Gasteiger partial charge in [-0.2, -0.15) is 0 Å². The van der Waals surface area contributed by atoms with Crippen molar-refractivity contribution in [2.75, 3.05) is 31.7 Å². The largest absolute Gasteiger partial charge is 0.478 e. The minimum Gasteiger partial charge on any atom is -0.478 e. The van der Waals surface area contributed by atoms with Crippen LogP contribution in [0.15, 0.2) is 30.9 Å². The number of hydrogen-bond donors (Lipinski definition) is 1. The van der Waals surface area contributed by atoms with Gasteiger partial charge in [0, 0.05) is 20.2 Å². The minimum atomic E-state index is -1.00. The summed E-state index contributed by atoms with van der Waals surface area (Å²) in [5.41, 5.74) is 0.684. The van der Waals surface area contributed by atoms with Crippen molar-refractivity contribution in [2.24, 2.45) is 0 Å². The van der Waals surface area contributed by atoms with Crippen LogP contribution in [0.3, 0.4) is 0 Å². The Morgan fingerprint density at radius 1 is 1.61 bits per heavy atom. The Kier molecular flexibility index (Phi) is 5.68. The van der Waals surface area contributed by atoms with Gasteiger partial charge in [0.05, 0.1) is 22.9 Å². The van der Waals surface area contributed by atoms with Gasteiger partial charge in [-0.05, 0) is 12.1 Å². The van der Waals surface area contributed by atoms with E-state index in [-0.39, 0.29) is 5.56 Å². The Hall–Kier alpha value is -1.52. The van der Waals surface area contributed by atoms with Crippen LogP contribution in [-0.2, 0) is 4.74 Å². The van der Waals surface area contributed by atoms with Crippen molar-refractivity contribution in [3.05, 3.63) is 41.4 Å². The van der Waals surface area contributed by atoms with Crippen molar-refractivity contribution >= 4 is 23.3 Å². The zero-order valence-electron chi connectivity index (χ0n) is 10.2. The van der Waals surface area contributed by atoms with Gasteiger partial charge in [-0.15, -0.1) is 6.58 Å². The van der Waals surface area contributed by atoms with E-state index in [0.29, 0.717) is 30.4 Å². The second-order valence-corrected chi connectivity index (χ2v) is 4.08. The van der Waals surface area contributed by atoms with Crippen LogP contribution in [0.2, 0.25) is 5.02 Å². The molecule has 0 bridgehead atoms. The minimum absolute atomic E-state index is 0.181. The van der Waals surface area contributed by atoms with Crippen molar-refractivity contribution in [1.82, 2.24) is 0 Å². The molecular weight excluding hydrogens is 254 g/mol. The van der Waals surface area contributed by atoms with Crippen LogP contribution in [-0.4, -0.2) is 37.9 Å². The molecule has 0 spiro atoms. The fourth-order valence-electron chi connectivity index (χ4n) is 1.66. The molecule has 0 saturated heterocycles. The number of methoxy groups -OCH3 is 1. The number of ether oxygens (including phenoxy) is 1. The lowest BCUT2D eigenvalue weighted by molar-refractivity contribution is 0.0697. The van der Waals surface area contributed by atoms with E-state index in [4.69, 9.17) is 16.3 Å². The van der Waals surface area contributed by atoms with Crippen LogP contribution in [0, 0.1) is 0 Å². The molecule has 0 aliphatic rings. The summed E-state index contributed by atoms with van der Waals surface area (Å²) in [4.78, 5) is 13.0. The van der Waals surface area contributed by atoms with Gasteiger partial charge in [0.25, 0.3) is 0 Å². The van der Waals surface area contributed by atoms with E-state index in [0.717, 1.165) is 0 Å². The predicted octanol–water partition coefficient (Wildman–Crippen LogP) is 2.68. The van der Waals surface area contributed by atoms with Gasteiger partial charge < -0.3 is 14.7 Å². The second kappa shape index (κ2) is 7.03. The van der Waals surface area contributed by atoms with E-state index in [9.17, 15) is 9.90 Å². The second-order valence-electron chi connectivity index (χ2n) is 3.67. The molecule has 0 radical (unpaired) electrons. The first kappa shape index (κ1) is 14.5. The fraction of sp³-hybridized carbons (Fsp3) is 0.308. The maximum Gasteiger partial charge on any atom is 0.337 e. The molecule has 5 heteroatoms. The summed E-state index contributed by atoms with van der Waals surface area (Å²) in [5, 5.41) is 9.60. The Labute approximate surface area is 111 Å². The third kappa shape index (κ3) is 3.48. The molecule has 1 aromatic rings. The number of halogens is 1. The number of carbonyl (C=O) groups is 1. The average molecular weight is 270 g/mol. The number of benzene rings is 1. The molecule has 18 heavy (non-hydrogen) atoms. The van der Waals surface area contributed by atoms with Crippen LogP contribution in [0.25, 0.3) is 0 Å². The molecular formula is C13H16ClNO3. The third-order valence-corrected chi connectivity index (χ3v) is 2.75. The van der Waals surface area contributed by atoms with Gasteiger partial charge in [0.15, 0.2) is 0 Å². The molecule has 0 saturated carbocycles. The van der Waals surface area contributed by atoms with E-state index < -0.39 is 5.97 Å². The van der Waals surface area contributed by atoms with Gasteiger partial charge >= 0.3 is 5.97 Å². The van der Waals surface area contributed by atoms with Gasteiger partial charge in [-0.25, -0.2) is 4.79 Å². The smallest absolute Gasteiger partial charge is 0.337 e. The number of rotatable bonds is 7. The van der Waals surface area contributed by atoms with Crippen LogP contribution in [0.5, 0.6) is 0 Å². The Morgan fingerprint density at radius 2 is 2.33 bits per heavy atom. The number of carboxylic acid groups (broad SMARTS) is 1. The van der Waals surface area contributed by atoms with E-state index in [1.165, 1.54) is 6.07 Å². The van der Waals surface area contributed by atoms with Crippen molar-refractivity contribution in [3.63, 3.8) is 0 Å². The van der Waals surface area contributed by atoms with Crippen LogP contribution in [0.4, 0.5) is 5.69 Å². The third-order valence-electron chi connectivity index (χ3n) is 2.45. The summed E-state index contributed by atoms with van der Waals surface area (Å²) in [5.74, 6) is -1.00. The molecule has 1 rings (SSSR count). The molecule has 0 aromatic heterocycles. The lowest BCUT2D eigenvalue weighted by atomic mass is 10.1. The first-order chi connectivity index (χ1) is 8.61. The van der Waals surface area contributed by atoms with Crippen LogP contribution >= 0.6 is 11.6 Å². The van der Waals surface area contributed by atoms with Gasteiger partial charge in [0.1, 0.15) is 0 Å². The van der Waals surface area contributed by atoms with Crippen LogP contribution < -0.4 is 4.90 Å². The van der Waals surface area contributed by atoms with Gasteiger partial charge in [0.2, 0.25) is 0 Å². The Bertz CT molecular complexity index is 434. The molecule has 0 heterocycles. The standard InChI is InChI=1S/C13H16ClNO3/c1-3-7-15(8-9-18-2)12-10(13(16)17)5-4-6-11(12)14/h3-6H,1,7-9H2,2H3,(H,16,17). The number of aromatic carboxylic acids is 1. The number of para-hydroxylation sites is 1. The molecule has 98 valence electrons. The molecule has 4 nitrogen and oxygen atoms in total. The summed E-state index contributed by atoms with van der Waals surface area (Å²) in [6, 6.07) is 4.83. The van der Waals surface area contributed by atoms with E-state index in [1.807, 2.05) is 4.90 Å². The molecule has 1 aromatic carbocycles. The summed E-state index contributed by atoms with van der Waals surface area (Å²) in [6.07, 6.45) is 1.70. The van der Waals surface area contributed by atoms with Gasteiger partial charge in [-0.1, -0.05) is 23.7 Å². The zero-order valence-corrected chi connectivity index (χ0v) is 11.0. The number of anilines is 1. The summed E-state index contributed by atoms with van der Waals surface area (Å²) >= 11 is 6.10. The van der Waals surface area contributed by atoms with Crippen molar-refractivity contribution < 1.29 is 14.6 Å². The topological polar surface area (TPSA) is 49.8 Å². The quantitative estimate of drug-likeness (QED) is 0.773. The molecule has 0 aliphatic carbocycles. The van der Waals surface area contributed by atoms with Gasteiger partial charge in [-0.3, -0.25) is 0 Å². The number of nitrogens with zero attached hydrogens (tertiary/aromatic N) is 1. The highest BCUT2D eigenvalue weighted by atomic mass is 35.5. The first-order valence-corrected chi connectivity index (χ1v) is 5.86. The molecule has 0 amide bonds. The highest BCUT2D eigenvalue weighted by Crippen LogP contribution is 2.29. The lowest BCUT2D eigenvalue weighted by Crippen LogP contribution is -2.29. The molecule has 0 atom stereocenters. The van der Waals surface area contributed by atoms with Crippen molar-refractivity contribution in [1.29, 1.82) is 0 Å². The highest BCUT2D eigenvalue weighted by molar-refractivity contribution is 6.34. The zero-order chi connectivity index (χ0) is 13.5. The monoisotopic (exact) mass is 269 g/mol. The average Bonchev–Trinajstić information content (AvgIpc) is 2.34. The normalized spacial score (nSPS) is 10.1. The van der Waals surface area contributed by atoms with E-state index in [1.54, 1.807) is 25.3 Å². The number of hydrogen-bond acceptors (Lipinski definition) is 3. The SMILES string of the molecule is C=CCN(CCOC)c1c(Cl)cccc1C(=O)O. The number of carboxylic acids is 1. The molecule has 0 aliphatic heterocycles. The molecule has 0 unspecified atom stereocenters. The summed E-state index contributed by atoms with van der Waals surface area (Å²) in [6.45, 7) is 5.20. The van der Waals surface area contributed by atoms with E-state index >= 15 is 0 Å². The van der Waals surface area contributed by atoms with E-state index in [2.05, 4.69) is 6.58 Å². The molecule has 1 N–H and O–H groups in total. The maximum atomic E-state index is 11.2. The first-order valence-electron chi connectivity index (χ1n) is 5.48. The summed E-state index contributed by atoms with van der Waals surface area (Å²) < 4.78 is 5.01. The summed E-state index contributed by atoms with van der Waals surface area (Å²) in [7, 11) is 1.59. The van der Waals surface area contributed by atoms with Crippen molar-refractivity contribution in [2.45, 2.75) is 0 Å². The fourth-order valence-corrected chi connectivity index (χ4v) is 1.96. The predicted molar refractivity (Wildman–Crippen MR) is 72.7 cm³/mol. The Morgan fingerprint density at radius 3 is 2.89 bits per heavy atom. The highest BCUT2D eigenvalue weighted by Gasteiger charge is 2.18. The molecule has 0 fully saturated rings.